The Morgan fingerprint density at radius 3 is 2.53 bits per heavy atom. The highest BCUT2D eigenvalue weighted by Crippen LogP contribution is 2.35. The molecule has 0 aliphatic carbocycles. The van der Waals surface area contributed by atoms with E-state index >= 15 is 0 Å². The molecule has 0 radical (unpaired) electrons. The molecule has 17 heavy (non-hydrogen) atoms. The van der Waals surface area contributed by atoms with Crippen LogP contribution < -0.4 is 11.5 Å². The van der Waals surface area contributed by atoms with Crippen molar-refractivity contribution in [2.75, 3.05) is 11.5 Å². The van der Waals surface area contributed by atoms with E-state index < -0.39 is 0 Å². The number of hydrogen-bond donors (Lipinski definition) is 3. The average Bonchev–Trinajstić information content (AvgIpc) is 2.29. The Morgan fingerprint density at radius 2 is 1.82 bits per heavy atom. The first-order valence-corrected chi connectivity index (χ1v) is 6.00. The molecular formula is C13H14N2OS. The van der Waals surface area contributed by atoms with E-state index in [4.69, 9.17) is 11.5 Å². The normalized spacial score (nSPS) is 10.4. The van der Waals surface area contributed by atoms with Gasteiger partial charge in [-0.3, -0.25) is 0 Å². The molecule has 2 rings (SSSR count). The molecule has 0 amide bonds. The molecule has 0 saturated carbocycles. The lowest BCUT2D eigenvalue weighted by Crippen LogP contribution is -1.91. The molecule has 0 spiro atoms. The van der Waals surface area contributed by atoms with Gasteiger partial charge in [0.2, 0.25) is 0 Å². The molecule has 5 N–H and O–H groups in total. The van der Waals surface area contributed by atoms with Crippen LogP contribution >= 0.6 is 11.8 Å². The zero-order chi connectivity index (χ0) is 12.4. The summed E-state index contributed by atoms with van der Waals surface area (Å²) in [7, 11) is 0. The highest BCUT2D eigenvalue weighted by Gasteiger charge is 2.04. The Hall–Kier alpha value is -1.81. The lowest BCUT2D eigenvalue weighted by atomic mass is 10.2. The summed E-state index contributed by atoms with van der Waals surface area (Å²) in [6.07, 6.45) is 0. The summed E-state index contributed by atoms with van der Waals surface area (Å²) in [5, 5.41) is 9.63. The fraction of sp³-hybridized carbons (Fsp3) is 0.0769. The van der Waals surface area contributed by atoms with Crippen LogP contribution in [0.15, 0.2) is 46.2 Å². The van der Waals surface area contributed by atoms with Gasteiger partial charge in [0.1, 0.15) is 5.75 Å². The van der Waals surface area contributed by atoms with Crippen molar-refractivity contribution in [3.63, 3.8) is 0 Å². The van der Waals surface area contributed by atoms with Crippen LogP contribution in [-0.2, 0) is 0 Å². The maximum absolute atomic E-state index is 9.63. The van der Waals surface area contributed by atoms with Crippen LogP contribution in [0.3, 0.4) is 0 Å². The summed E-state index contributed by atoms with van der Waals surface area (Å²) in [6.45, 7) is 1.86. The number of benzene rings is 2. The molecule has 2 aromatic carbocycles. The average molecular weight is 246 g/mol. The van der Waals surface area contributed by atoms with Gasteiger partial charge in [0.05, 0.1) is 0 Å². The van der Waals surface area contributed by atoms with Gasteiger partial charge >= 0.3 is 0 Å². The van der Waals surface area contributed by atoms with E-state index in [0.717, 1.165) is 15.4 Å². The first-order chi connectivity index (χ1) is 8.06. The maximum atomic E-state index is 9.63. The second-order valence-corrected chi connectivity index (χ2v) is 4.96. The molecule has 2 aromatic rings. The van der Waals surface area contributed by atoms with Gasteiger partial charge in [-0.05, 0) is 42.8 Å². The van der Waals surface area contributed by atoms with Crippen molar-refractivity contribution in [2.24, 2.45) is 0 Å². The monoisotopic (exact) mass is 246 g/mol. The Bertz CT molecular complexity index is 555. The Balaban J connectivity index is 2.31. The van der Waals surface area contributed by atoms with E-state index in [1.165, 1.54) is 11.8 Å². The molecule has 0 atom stereocenters. The highest BCUT2D eigenvalue weighted by molar-refractivity contribution is 7.99. The lowest BCUT2D eigenvalue weighted by molar-refractivity contribution is 0.469. The predicted octanol–water partition coefficient (Wildman–Crippen LogP) is 3.02. The van der Waals surface area contributed by atoms with Crippen LogP contribution in [-0.4, -0.2) is 5.11 Å². The SMILES string of the molecule is Cc1ccc(Sc2cc(N)ccc2N)cc1O. The van der Waals surface area contributed by atoms with Crippen LogP contribution in [0.25, 0.3) is 0 Å². The fourth-order valence-corrected chi connectivity index (χ4v) is 2.36. The van der Waals surface area contributed by atoms with Crippen LogP contribution in [0.5, 0.6) is 5.75 Å². The summed E-state index contributed by atoms with van der Waals surface area (Å²) in [5.41, 5.74) is 13.8. The van der Waals surface area contributed by atoms with E-state index in [1.54, 1.807) is 18.2 Å². The largest absolute Gasteiger partial charge is 0.508 e. The summed E-state index contributed by atoms with van der Waals surface area (Å²) in [6, 6.07) is 10.9. The van der Waals surface area contributed by atoms with E-state index in [-0.39, 0.29) is 5.75 Å². The van der Waals surface area contributed by atoms with Crippen LogP contribution in [0, 0.1) is 6.92 Å². The van der Waals surface area contributed by atoms with Crippen molar-refractivity contribution in [1.82, 2.24) is 0 Å². The van der Waals surface area contributed by atoms with Gasteiger partial charge in [-0.25, -0.2) is 0 Å². The van der Waals surface area contributed by atoms with Crippen molar-refractivity contribution >= 4 is 23.1 Å². The molecule has 4 heteroatoms. The number of phenolic OH excluding ortho intramolecular Hbond substituents is 1. The smallest absolute Gasteiger partial charge is 0.119 e. The van der Waals surface area contributed by atoms with E-state index in [0.29, 0.717) is 11.4 Å². The van der Waals surface area contributed by atoms with Crippen molar-refractivity contribution in [3.8, 4) is 5.75 Å². The molecule has 0 fully saturated rings. The summed E-state index contributed by atoms with van der Waals surface area (Å²) < 4.78 is 0. The molecular weight excluding hydrogens is 232 g/mol. The number of aromatic hydroxyl groups is 1. The van der Waals surface area contributed by atoms with Crippen molar-refractivity contribution in [1.29, 1.82) is 0 Å². The first-order valence-electron chi connectivity index (χ1n) is 5.19. The predicted molar refractivity (Wildman–Crippen MR) is 72.2 cm³/mol. The maximum Gasteiger partial charge on any atom is 0.119 e. The van der Waals surface area contributed by atoms with Gasteiger partial charge in [0.25, 0.3) is 0 Å². The molecule has 0 aliphatic heterocycles. The van der Waals surface area contributed by atoms with Crippen molar-refractivity contribution in [3.05, 3.63) is 42.0 Å². The zero-order valence-electron chi connectivity index (χ0n) is 9.47. The third-order valence-electron chi connectivity index (χ3n) is 2.45. The molecule has 0 aliphatic rings. The third-order valence-corrected chi connectivity index (χ3v) is 3.51. The Morgan fingerprint density at radius 1 is 1.06 bits per heavy atom. The van der Waals surface area contributed by atoms with E-state index in [2.05, 4.69) is 0 Å². The van der Waals surface area contributed by atoms with Gasteiger partial charge < -0.3 is 16.6 Å². The topological polar surface area (TPSA) is 72.3 Å². The fourth-order valence-electron chi connectivity index (χ4n) is 1.42. The summed E-state index contributed by atoms with van der Waals surface area (Å²) in [5.74, 6) is 0.289. The van der Waals surface area contributed by atoms with Gasteiger partial charge in [-0.15, -0.1) is 0 Å². The van der Waals surface area contributed by atoms with Crippen molar-refractivity contribution < 1.29 is 5.11 Å². The summed E-state index contributed by atoms with van der Waals surface area (Å²) in [4.78, 5) is 1.83. The quantitative estimate of drug-likeness (QED) is 0.712. The number of anilines is 2. The van der Waals surface area contributed by atoms with E-state index in [1.807, 2.05) is 25.1 Å². The number of phenols is 1. The highest BCUT2D eigenvalue weighted by atomic mass is 32.2. The van der Waals surface area contributed by atoms with Gasteiger partial charge in [-0.1, -0.05) is 17.8 Å². The van der Waals surface area contributed by atoms with Crippen LogP contribution in [0.2, 0.25) is 0 Å². The van der Waals surface area contributed by atoms with Gasteiger partial charge in [0, 0.05) is 21.2 Å². The third kappa shape index (κ3) is 2.65. The summed E-state index contributed by atoms with van der Waals surface area (Å²) >= 11 is 1.49. The minimum absolute atomic E-state index is 0.289. The van der Waals surface area contributed by atoms with Crippen molar-refractivity contribution in [2.45, 2.75) is 16.7 Å². The molecule has 0 saturated heterocycles. The standard InChI is InChI=1S/C13H14N2OS/c1-8-2-4-10(7-12(8)16)17-13-6-9(14)3-5-11(13)15/h2-7,16H,14-15H2,1H3. The zero-order valence-corrected chi connectivity index (χ0v) is 10.3. The second-order valence-electron chi connectivity index (χ2n) is 3.85. The molecule has 0 heterocycles. The molecule has 0 bridgehead atoms. The Kier molecular flexibility index (Phi) is 3.15. The minimum atomic E-state index is 0.289. The first kappa shape index (κ1) is 11.7. The number of hydrogen-bond acceptors (Lipinski definition) is 4. The second kappa shape index (κ2) is 4.59. The molecule has 0 aromatic heterocycles. The number of aryl methyl sites for hydroxylation is 1. The molecule has 0 unspecified atom stereocenters. The van der Waals surface area contributed by atoms with Gasteiger partial charge in [-0.2, -0.15) is 0 Å². The number of rotatable bonds is 2. The minimum Gasteiger partial charge on any atom is -0.508 e. The van der Waals surface area contributed by atoms with E-state index in [9.17, 15) is 5.11 Å². The van der Waals surface area contributed by atoms with Crippen LogP contribution in [0.4, 0.5) is 11.4 Å². The number of nitrogens with two attached hydrogens (primary N) is 2. The Labute approximate surface area is 104 Å². The molecule has 88 valence electrons. The van der Waals surface area contributed by atoms with Gasteiger partial charge in [0.15, 0.2) is 0 Å². The van der Waals surface area contributed by atoms with Crippen LogP contribution in [0.1, 0.15) is 5.56 Å². The lowest BCUT2D eigenvalue weighted by Gasteiger charge is -2.07. The number of nitrogen functional groups attached to an aromatic ring is 2. The molecule has 3 nitrogen and oxygen atoms in total.